The van der Waals surface area contributed by atoms with Gasteiger partial charge in [-0.2, -0.15) is 13.2 Å². The second-order valence-electron chi connectivity index (χ2n) is 4.79. The van der Waals surface area contributed by atoms with E-state index in [-0.39, 0.29) is 12.5 Å². The quantitative estimate of drug-likeness (QED) is 0.708. The number of halogens is 3. The van der Waals surface area contributed by atoms with Crippen LogP contribution in [0, 0.1) is 5.92 Å². The second-order valence-corrected chi connectivity index (χ2v) is 4.79. The van der Waals surface area contributed by atoms with Crippen LogP contribution in [-0.2, 0) is 0 Å². The number of hydrogen-bond acceptors (Lipinski definition) is 1. The van der Waals surface area contributed by atoms with Gasteiger partial charge in [0.15, 0.2) is 0 Å². The van der Waals surface area contributed by atoms with Gasteiger partial charge in [-0.3, -0.25) is 0 Å². The number of hydrogen-bond donors (Lipinski definition) is 1. The number of rotatable bonds is 7. The van der Waals surface area contributed by atoms with Crippen molar-refractivity contribution in [2.24, 2.45) is 5.92 Å². The lowest BCUT2D eigenvalue weighted by Crippen LogP contribution is -2.33. The lowest BCUT2D eigenvalue weighted by Gasteiger charge is -2.30. The van der Waals surface area contributed by atoms with Gasteiger partial charge in [0.05, 0.1) is 0 Å². The maximum atomic E-state index is 12.0. The van der Waals surface area contributed by atoms with Gasteiger partial charge in [0.2, 0.25) is 0 Å². The van der Waals surface area contributed by atoms with Crippen LogP contribution >= 0.6 is 0 Å². The van der Waals surface area contributed by atoms with E-state index in [2.05, 4.69) is 5.32 Å². The van der Waals surface area contributed by atoms with Gasteiger partial charge >= 0.3 is 6.18 Å². The Hall–Kier alpha value is -0.250. The third-order valence-corrected chi connectivity index (χ3v) is 3.35. The predicted octanol–water partition coefficient (Wildman–Crippen LogP) is 3.89. The molecule has 0 aliphatic heterocycles. The van der Waals surface area contributed by atoms with Gasteiger partial charge in [0.25, 0.3) is 0 Å². The fourth-order valence-electron chi connectivity index (χ4n) is 2.27. The summed E-state index contributed by atoms with van der Waals surface area (Å²) < 4.78 is 36.0. The molecule has 4 heteroatoms. The first kappa shape index (κ1) is 13.8. The van der Waals surface area contributed by atoms with E-state index in [0.717, 1.165) is 18.9 Å². The molecule has 96 valence electrons. The van der Waals surface area contributed by atoms with Crippen LogP contribution in [-0.4, -0.2) is 18.8 Å². The fourth-order valence-corrected chi connectivity index (χ4v) is 2.27. The Labute approximate surface area is 95.8 Å². The van der Waals surface area contributed by atoms with Gasteiger partial charge in [-0.25, -0.2) is 0 Å². The van der Waals surface area contributed by atoms with Crippen molar-refractivity contribution in [2.75, 3.05) is 6.54 Å². The number of alkyl halides is 3. The van der Waals surface area contributed by atoms with Crippen LogP contribution in [0.3, 0.4) is 0 Å². The second kappa shape index (κ2) is 6.48. The molecule has 1 saturated carbocycles. The van der Waals surface area contributed by atoms with Gasteiger partial charge in [-0.1, -0.05) is 26.2 Å². The molecule has 16 heavy (non-hydrogen) atoms. The molecule has 0 heterocycles. The van der Waals surface area contributed by atoms with Gasteiger partial charge in [-0.15, -0.1) is 0 Å². The molecule has 1 rings (SSSR count). The van der Waals surface area contributed by atoms with Crippen LogP contribution in [0.5, 0.6) is 0 Å². The maximum Gasteiger partial charge on any atom is 0.389 e. The molecular formula is C12H22F3N. The molecule has 1 unspecified atom stereocenters. The largest absolute Gasteiger partial charge is 0.389 e. The summed E-state index contributed by atoms with van der Waals surface area (Å²) in [6.45, 7) is 2.86. The molecule has 1 N–H and O–H groups in total. The van der Waals surface area contributed by atoms with Crippen molar-refractivity contribution in [2.45, 2.75) is 64.1 Å². The highest BCUT2D eigenvalue weighted by molar-refractivity contribution is 4.77. The summed E-state index contributed by atoms with van der Waals surface area (Å²) in [6, 6.07) is 0.289. The highest BCUT2D eigenvalue weighted by Gasteiger charge is 2.27. The molecule has 1 aliphatic carbocycles. The van der Waals surface area contributed by atoms with Crippen LogP contribution in [0.2, 0.25) is 0 Å². The molecule has 1 nitrogen and oxygen atoms in total. The monoisotopic (exact) mass is 237 g/mol. The smallest absolute Gasteiger partial charge is 0.314 e. The maximum absolute atomic E-state index is 12.0. The molecule has 1 aliphatic rings. The Morgan fingerprint density at radius 3 is 2.44 bits per heavy atom. The molecule has 0 aromatic heterocycles. The van der Waals surface area contributed by atoms with E-state index in [1.54, 1.807) is 0 Å². The summed E-state index contributed by atoms with van der Waals surface area (Å²) in [4.78, 5) is 0. The van der Waals surface area contributed by atoms with Gasteiger partial charge in [0, 0.05) is 12.5 Å². The summed E-state index contributed by atoms with van der Waals surface area (Å²) in [5.41, 5.74) is 0. The summed E-state index contributed by atoms with van der Waals surface area (Å²) in [5, 5.41) is 3.30. The van der Waals surface area contributed by atoms with Crippen LogP contribution in [0.4, 0.5) is 13.2 Å². The fraction of sp³-hybridized carbons (Fsp3) is 1.00. The van der Waals surface area contributed by atoms with E-state index < -0.39 is 12.6 Å². The summed E-state index contributed by atoms with van der Waals surface area (Å²) in [6.07, 6.45) is 1.17. The molecule has 0 saturated heterocycles. The van der Waals surface area contributed by atoms with Crippen LogP contribution in [0.25, 0.3) is 0 Å². The van der Waals surface area contributed by atoms with Crippen molar-refractivity contribution in [3.63, 3.8) is 0 Å². The highest BCUT2D eigenvalue weighted by Crippen LogP contribution is 2.32. The lowest BCUT2D eigenvalue weighted by atomic mass is 9.80. The first-order valence-corrected chi connectivity index (χ1v) is 6.31. The summed E-state index contributed by atoms with van der Waals surface area (Å²) in [5.74, 6) is 0.759. The van der Waals surface area contributed by atoms with E-state index in [1.165, 1.54) is 19.3 Å². The van der Waals surface area contributed by atoms with Crippen molar-refractivity contribution in [1.29, 1.82) is 0 Å². The Morgan fingerprint density at radius 1 is 1.31 bits per heavy atom. The average molecular weight is 237 g/mol. The third-order valence-electron chi connectivity index (χ3n) is 3.35. The highest BCUT2D eigenvalue weighted by atomic mass is 19.4. The molecule has 0 bridgehead atoms. The minimum absolute atomic E-state index is 0.258. The zero-order valence-electron chi connectivity index (χ0n) is 9.95. The van der Waals surface area contributed by atoms with Crippen molar-refractivity contribution >= 4 is 0 Å². The summed E-state index contributed by atoms with van der Waals surface area (Å²) in [7, 11) is 0. The zero-order chi connectivity index (χ0) is 12.0. The lowest BCUT2D eigenvalue weighted by molar-refractivity contribution is -0.135. The minimum atomic E-state index is -3.99. The topological polar surface area (TPSA) is 12.0 Å². The molecule has 1 fully saturated rings. The van der Waals surface area contributed by atoms with Gasteiger partial charge in [-0.05, 0) is 31.7 Å². The van der Waals surface area contributed by atoms with E-state index >= 15 is 0 Å². The zero-order valence-corrected chi connectivity index (χ0v) is 9.95. The van der Waals surface area contributed by atoms with Crippen LogP contribution in [0.15, 0.2) is 0 Å². The Balaban J connectivity index is 2.16. The molecular weight excluding hydrogens is 215 g/mol. The van der Waals surface area contributed by atoms with Crippen molar-refractivity contribution in [3.8, 4) is 0 Å². The van der Waals surface area contributed by atoms with E-state index in [1.807, 2.05) is 6.92 Å². The number of nitrogens with one attached hydrogen (secondary N) is 1. The normalized spacial score (nSPS) is 19.5. The Kier molecular flexibility index (Phi) is 5.59. The van der Waals surface area contributed by atoms with Crippen molar-refractivity contribution < 1.29 is 13.2 Å². The van der Waals surface area contributed by atoms with E-state index in [4.69, 9.17) is 0 Å². The molecule has 0 aromatic rings. The standard InChI is InChI=1S/C12H22F3N/c1-2-16-11(9-10-5-3-6-10)7-4-8-12(13,14)15/h10-11,16H,2-9H2,1H3. The molecule has 0 amide bonds. The summed E-state index contributed by atoms with van der Waals surface area (Å²) >= 11 is 0. The van der Waals surface area contributed by atoms with Crippen molar-refractivity contribution in [1.82, 2.24) is 5.32 Å². The van der Waals surface area contributed by atoms with Gasteiger partial charge in [0.1, 0.15) is 0 Å². The minimum Gasteiger partial charge on any atom is -0.314 e. The van der Waals surface area contributed by atoms with E-state index in [9.17, 15) is 13.2 Å². The molecule has 1 atom stereocenters. The first-order valence-electron chi connectivity index (χ1n) is 6.31. The van der Waals surface area contributed by atoms with Gasteiger partial charge < -0.3 is 5.32 Å². The Morgan fingerprint density at radius 2 is 2.00 bits per heavy atom. The first-order chi connectivity index (χ1) is 7.51. The molecule has 0 aromatic carbocycles. The third kappa shape index (κ3) is 5.73. The van der Waals surface area contributed by atoms with Crippen LogP contribution < -0.4 is 5.32 Å². The predicted molar refractivity (Wildman–Crippen MR) is 59.3 cm³/mol. The molecule has 0 radical (unpaired) electrons. The average Bonchev–Trinajstić information content (AvgIpc) is 2.09. The van der Waals surface area contributed by atoms with Crippen molar-refractivity contribution in [3.05, 3.63) is 0 Å². The van der Waals surface area contributed by atoms with Crippen LogP contribution in [0.1, 0.15) is 51.9 Å². The van der Waals surface area contributed by atoms with E-state index in [0.29, 0.717) is 6.42 Å². The SMILES string of the molecule is CCNC(CCCC(F)(F)F)CC1CCC1. The Bertz CT molecular complexity index is 187. The molecule has 0 spiro atoms.